The van der Waals surface area contributed by atoms with Crippen LogP contribution in [-0.4, -0.2) is 28.4 Å². The van der Waals surface area contributed by atoms with E-state index in [0.717, 1.165) is 10.8 Å². The van der Waals surface area contributed by atoms with Crippen molar-refractivity contribution in [2.75, 3.05) is 6.54 Å². The number of carbonyl (C=O) groups is 1. The van der Waals surface area contributed by atoms with Gasteiger partial charge in [-0.15, -0.1) is 0 Å². The van der Waals surface area contributed by atoms with Gasteiger partial charge in [-0.25, -0.2) is 4.98 Å². The van der Waals surface area contributed by atoms with Crippen LogP contribution in [0, 0.1) is 11.3 Å². The molecule has 0 fully saturated rings. The van der Waals surface area contributed by atoms with Gasteiger partial charge in [0.25, 0.3) is 5.91 Å². The third-order valence-electron chi connectivity index (χ3n) is 3.26. The fraction of sp³-hybridized carbons (Fsp3) is 0.312. The molecule has 5 heteroatoms. The van der Waals surface area contributed by atoms with E-state index in [-0.39, 0.29) is 11.9 Å². The smallest absolute Gasteiger partial charge is 0.272 e. The van der Waals surface area contributed by atoms with E-state index < -0.39 is 0 Å². The number of nitrogens with zero attached hydrogens (tertiary/aromatic N) is 3. The number of aromatic nitrogens is 1. The summed E-state index contributed by atoms with van der Waals surface area (Å²) >= 11 is 6.16. The van der Waals surface area contributed by atoms with Gasteiger partial charge in [0.1, 0.15) is 10.8 Å². The highest BCUT2D eigenvalue weighted by molar-refractivity contribution is 6.34. The van der Waals surface area contributed by atoms with Gasteiger partial charge in [0.2, 0.25) is 0 Å². The molecule has 0 bridgehead atoms. The van der Waals surface area contributed by atoms with Gasteiger partial charge in [-0.05, 0) is 25.3 Å². The lowest BCUT2D eigenvalue weighted by atomic mass is 10.1. The van der Waals surface area contributed by atoms with E-state index in [1.54, 1.807) is 11.0 Å². The van der Waals surface area contributed by atoms with Crippen LogP contribution in [0.25, 0.3) is 10.8 Å². The highest BCUT2D eigenvalue weighted by Crippen LogP contribution is 2.23. The molecule has 0 aliphatic carbocycles. The zero-order chi connectivity index (χ0) is 15.4. The normalized spacial score (nSPS) is 10.6. The van der Waals surface area contributed by atoms with Gasteiger partial charge < -0.3 is 4.90 Å². The minimum Gasteiger partial charge on any atom is -0.334 e. The van der Waals surface area contributed by atoms with Gasteiger partial charge in [-0.2, -0.15) is 5.26 Å². The molecule has 2 aromatic rings. The number of hydrogen-bond acceptors (Lipinski definition) is 3. The Balaban J connectivity index is 2.40. The van der Waals surface area contributed by atoms with E-state index in [0.29, 0.717) is 23.8 Å². The molecule has 1 heterocycles. The highest BCUT2D eigenvalue weighted by atomic mass is 35.5. The molecule has 2 rings (SSSR count). The maximum absolute atomic E-state index is 12.6. The van der Waals surface area contributed by atoms with Crippen LogP contribution in [0.5, 0.6) is 0 Å². The molecule has 0 radical (unpaired) electrons. The van der Waals surface area contributed by atoms with E-state index in [9.17, 15) is 4.79 Å². The van der Waals surface area contributed by atoms with Crippen molar-refractivity contribution < 1.29 is 4.79 Å². The molecule has 0 aliphatic rings. The van der Waals surface area contributed by atoms with Crippen molar-refractivity contribution in [1.29, 1.82) is 5.26 Å². The number of benzene rings is 1. The zero-order valence-electron chi connectivity index (χ0n) is 12.0. The lowest BCUT2D eigenvalue weighted by molar-refractivity contribution is 0.0704. The molecule has 1 aromatic heterocycles. The van der Waals surface area contributed by atoms with Gasteiger partial charge in [0, 0.05) is 18.0 Å². The molecule has 1 aromatic carbocycles. The maximum atomic E-state index is 12.6. The van der Waals surface area contributed by atoms with E-state index in [1.807, 2.05) is 38.1 Å². The number of fused-ring (bicyclic) bond motifs is 1. The first-order valence-corrected chi connectivity index (χ1v) is 7.15. The molecule has 108 valence electrons. The zero-order valence-corrected chi connectivity index (χ0v) is 12.8. The SMILES string of the molecule is CC(C)N(CCC#N)C(=O)c1cc2ccccc2c(Cl)n1. The van der Waals surface area contributed by atoms with Crippen LogP contribution in [0.2, 0.25) is 5.15 Å². The van der Waals surface area contributed by atoms with Gasteiger partial charge in [0.05, 0.1) is 12.5 Å². The van der Waals surface area contributed by atoms with Crippen LogP contribution in [0.4, 0.5) is 0 Å². The molecular formula is C16H16ClN3O. The van der Waals surface area contributed by atoms with E-state index in [2.05, 4.69) is 11.1 Å². The first-order chi connectivity index (χ1) is 10.0. The predicted molar refractivity (Wildman–Crippen MR) is 83.2 cm³/mol. The summed E-state index contributed by atoms with van der Waals surface area (Å²) in [6.07, 6.45) is 0.297. The summed E-state index contributed by atoms with van der Waals surface area (Å²) in [7, 11) is 0. The fourth-order valence-electron chi connectivity index (χ4n) is 2.18. The van der Waals surface area contributed by atoms with Gasteiger partial charge in [0.15, 0.2) is 0 Å². The number of halogens is 1. The van der Waals surface area contributed by atoms with Crippen molar-refractivity contribution >= 4 is 28.3 Å². The lowest BCUT2D eigenvalue weighted by Crippen LogP contribution is -2.38. The third kappa shape index (κ3) is 3.32. The quantitative estimate of drug-likeness (QED) is 0.810. The van der Waals surface area contributed by atoms with Crippen LogP contribution >= 0.6 is 11.6 Å². The second-order valence-corrected chi connectivity index (χ2v) is 5.38. The van der Waals surface area contributed by atoms with Gasteiger partial charge in [-0.3, -0.25) is 4.79 Å². The molecule has 1 amide bonds. The molecular weight excluding hydrogens is 286 g/mol. The van der Waals surface area contributed by atoms with Crippen LogP contribution < -0.4 is 0 Å². The maximum Gasteiger partial charge on any atom is 0.272 e. The summed E-state index contributed by atoms with van der Waals surface area (Å²) in [5.41, 5.74) is 0.310. The number of pyridine rings is 1. The lowest BCUT2D eigenvalue weighted by Gasteiger charge is -2.25. The Morgan fingerprint density at radius 3 is 2.81 bits per heavy atom. The van der Waals surface area contributed by atoms with Crippen molar-refractivity contribution in [2.45, 2.75) is 26.3 Å². The minimum atomic E-state index is -0.201. The molecule has 0 N–H and O–H groups in total. The van der Waals surface area contributed by atoms with Gasteiger partial charge in [-0.1, -0.05) is 35.9 Å². The summed E-state index contributed by atoms with van der Waals surface area (Å²) in [5, 5.41) is 10.7. The monoisotopic (exact) mass is 301 g/mol. The predicted octanol–water partition coefficient (Wildman–Crippen LogP) is 3.65. The second-order valence-electron chi connectivity index (χ2n) is 5.02. The minimum absolute atomic E-state index is 0.00195. The van der Waals surface area contributed by atoms with E-state index >= 15 is 0 Å². The number of hydrogen-bond donors (Lipinski definition) is 0. The Labute approximate surface area is 129 Å². The number of amides is 1. The second kappa shape index (κ2) is 6.55. The summed E-state index contributed by atoms with van der Waals surface area (Å²) < 4.78 is 0. The Hall–Kier alpha value is -2.12. The summed E-state index contributed by atoms with van der Waals surface area (Å²) in [6, 6.07) is 11.3. The molecule has 4 nitrogen and oxygen atoms in total. The van der Waals surface area contributed by atoms with Crippen LogP contribution in [0.3, 0.4) is 0 Å². The molecule has 0 saturated carbocycles. The Bertz CT molecular complexity index is 706. The van der Waals surface area contributed by atoms with Gasteiger partial charge >= 0.3 is 0 Å². The third-order valence-corrected chi connectivity index (χ3v) is 3.55. The van der Waals surface area contributed by atoms with E-state index in [4.69, 9.17) is 16.9 Å². The first-order valence-electron chi connectivity index (χ1n) is 6.77. The summed E-state index contributed by atoms with van der Waals surface area (Å²) in [6.45, 7) is 4.22. The highest BCUT2D eigenvalue weighted by Gasteiger charge is 2.20. The number of nitriles is 1. The first kappa shape index (κ1) is 15.3. The van der Waals surface area contributed by atoms with Crippen LogP contribution in [-0.2, 0) is 0 Å². The van der Waals surface area contributed by atoms with Crippen LogP contribution in [0.15, 0.2) is 30.3 Å². The fourth-order valence-corrected chi connectivity index (χ4v) is 2.44. The number of rotatable bonds is 4. The molecule has 21 heavy (non-hydrogen) atoms. The van der Waals surface area contributed by atoms with Crippen molar-refractivity contribution in [2.24, 2.45) is 0 Å². The Kier molecular flexibility index (Phi) is 4.77. The van der Waals surface area contributed by atoms with Crippen molar-refractivity contribution in [1.82, 2.24) is 9.88 Å². The molecule has 0 aliphatic heterocycles. The van der Waals surface area contributed by atoms with E-state index in [1.165, 1.54) is 0 Å². The average molecular weight is 302 g/mol. The summed E-state index contributed by atoms with van der Waals surface area (Å²) in [5.74, 6) is -0.201. The summed E-state index contributed by atoms with van der Waals surface area (Å²) in [4.78, 5) is 18.4. The topological polar surface area (TPSA) is 57.0 Å². The molecule has 0 atom stereocenters. The Morgan fingerprint density at radius 2 is 2.14 bits per heavy atom. The molecule has 0 saturated heterocycles. The van der Waals surface area contributed by atoms with Crippen molar-refractivity contribution in [3.63, 3.8) is 0 Å². The molecule has 0 spiro atoms. The number of carbonyl (C=O) groups excluding carboxylic acids is 1. The Morgan fingerprint density at radius 1 is 1.43 bits per heavy atom. The van der Waals surface area contributed by atoms with Crippen molar-refractivity contribution in [3.8, 4) is 6.07 Å². The average Bonchev–Trinajstić information content (AvgIpc) is 2.47. The largest absolute Gasteiger partial charge is 0.334 e. The van der Waals surface area contributed by atoms with Crippen molar-refractivity contribution in [3.05, 3.63) is 41.2 Å². The molecule has 0 unspecified atom stereocenters. The standard InChI is InChI=1S/C16H16ClN3O/c1-11(2)20(9-5-8-18)16(21)14-10-12-6-3-4-7-13(12)15(17)19-14/h3-4,6-7,10-11H,5,9H2,1-2H3. The van der Waals surface area contributed by atoms with Crippen LogP contribution in [0.1, 0.15) is 30.8 Å².